The molecule has 2 aromatic heterocycles. The SMILES string of the molecule is CN(C)CC1(O)CCCN(C(=O)c2cnc3ccccn3c2=O)CC1. The number of likely N-dealkylation sites (N-methyl/N-ethyl adjacent to an activating group) is 1. The molecule has 3 rings (SSSR count). The average Bonchev–Trinajstić information content (AvgIpc) is 2.76. The van der Waals surface area contributed by atoms with Gasteiger partial charge >= 0.3 is 0 Å². The van der Waals surface area contributed by atoms with Crippen LogP contribution in [0.5, 0.6) is 0 Å². The van der Waals surface area contributed by atoms with Gasteiger partial charge in [0, 0.05) is 32.0 Å². The summed E-state index contributed by atoms with van der Waals surface area (Å²) in [5, 5.41) is 10.7. The van der Waals surface area contributed by atoms with Crippen LogP contribution in [-0.4, -0.2) is 69.5 Å². The predicted octanol–water partition coefficient (Wildman–Crippen LogP) is 0.613. The lowest BCUT2D eigenvalue weighted by molar-refractivity contribution is 0.00304. The van der Waals surface area contributed by atoms with E-state index in [1.54, 1.807) is 29.3 Å². The molecule has 0 radical (unpaired) electrons. The first-order chi connectivity index (χ1) is 11.9. The standard InChI is InChI=1S/C18H24N4O3/c1-20(2)13-18(25)7-5-9-21(11-8-18)16(23)14-12-19-15-6-3-4-10-22(15)17(14)24/h3-4,6,10,12,25H,5,7-9,11,13H2,1-2H3. The zero-order valence-electron chi connectivity index (χ0n) is 14.7. The molecule has 1 fully saturated rings. The molecule has 2 aromatic rings. The van der Waals surface area contributed by atoms with Crippen molar-refractivity contribution in [1.82, 2.24) is 19.2 Å². The topological polar surface area (TPSA) is 78.2 Å². The van der Waals surface area contributed by atoms with Crippen molar-refractivity contribution < 1.29 is 9.90 Å². The highest BCUT2D eigenvalue weighted by molar-refractivity contribution is 5.93. The Morgan fingerprint density at radius 2 is 2.12 bits per heavy atom. The second kappa shape index (κ2) is 6.93. The minimum absolute atomic E-state index is 0.0711. The third kappa shape index (κ3) is 3.72. The number of amides is 1. The summed E-state index contributed by atoms with van der Waals surface area (Å²) in [5.74, 6) is -0.315. The van der Waals surface area contributed by atoms with Gasteiger partial charge in [-0.3, -0.25) is 14.0 Å². The lowest BCUT2D eigenvalue weighted by Gasteiger charge is -2.29. The smallest absolute Gasteiger partial charge is 0.270 e. The Morgan fingerprint density at radius 3 is 2.88 bits per heavy atom. The summed E-state index contributed by atoms with van der Waals surface area (Å²) in [7, 11) is 3.85. The zero-order chi connectivity index (χ0) is 18.0. The summed E-state index contributed by atoms with van der Waals surface area (Å²) in [6, 6.07) is 5.25. The van der Waals surface area contributed by atoms with Crippen LogP contribution in [0.4, 0.5) is 0 Å². The third-order valence-electron chi connectivity index (χ3n) is 4.66. The number of nitrogens with zero attached hydrogens (tertiary/aromatic N) is 4. The van der Waals surface area contributed by atoms with Gasteiger partial charge in [-0.25, -0.2) is 4.98 Å². The lowest BCUT2D eigenvalue weighted by atomic mass is 9.94. The second-order valence-corrected chi connectivity index (χ2v) is 7.01. The molecule has 3 heterocycles. The van der Waals surface area contributed by atoms with Crippen molar-refractivity contribution in [2.75, 3.05) is 33.7 Å². The average molecular weight is 344 g/mol. The van der Waals surface area contributed by atoms with Crippen LogP contribution in [0.1, 0.15) is 29.6 Å². The minimum Gasteiger partial charge on any atom is -0.388 e. The van der Waals surface area contributed by atoms with E-state index in [1.807, 2.05) is 19.0 Å². The van der Waals surface area contributed by atoms with Crippen molar-refractivity contribution in [2.24, 2.45) is 0 Å². The predicted molar refractivity (Wildman–Crippen MR) is 94.7 cm³/mol. The molecule has 134 valence electrons. The molecular formula is C18H24N4O3. The van der Waals surface area contributed by atoms with Gasteiger partial charge in [0.2, 0.25) is 0 Å². The lowest BCUT2D eigenvalue weighted by Crippen LogP contribution is -2.42. The largest absolute Gasteiger partial charge is 0.388 e. The number of carbonyl (C=O) groups excluding carboxylic acids is 1. The van der Waals surface area contributed by atoms with Crippen molar-refractivity contribution in [3.05, 3.63) is 46.5 Å². The Kier molecular flexibility index (Phi) is 4.87. The molecule has 1 N–H and O–H groups in total. The molecule has 25 heavy (non-hydrogen) atoms. The molecule has 7 heteroatoms. The van der Waals surface area contributed by atoms with Gasteiger partial charge < -0.3 is 14.9 Å². The molecule has 0 spiro atoms. The van der Waals surface area contributed by atoms with E-state index in [2.05, 4.69) is 4.98 Å². The van der Waals surface area contributed by atoms with Crippen molar-refractivity contribution in [3.63, 3.8) is 0 Å². The van der Waals surface area contributed by atoms with Gasteiger partial charge in [0.25, 0.3) is 11.5 Å². The number of rotatable bonds is 3. The normalized spacial score (nSPS) is 21.5. The van der Waals surface area contributed by atoms with E-state index in [0.29, 0.717) is 44.5 Å². The number of carbonyl (C=O) groups is 1. The van der Waals surface area contributed by atoms with Gasteiger partial charge in [-0.15, -0.1) is 0 Å². The fourth-order valence-corrected chi connectivity index (χ4v) is 3.47. The number of aliphatic hydroxyl groups is 1. The van der Waals surface area contributed by atoms with E-state index in [-0.39, 0.29) is 17.0 Å². The molecule has 1 aliphatic rings. The Bertz CT molecular complexity index is 832. The molecule has 0 aliphatic carbocycles. The minimum atomic E-state index is -0.796. The van der Waals surface area contributed by atoms with Crippen LogP contribution in [0.2, 0.25) is 0 Å². The van der Waals surface area contributed by atoms with Crippen molar-refractivity contribution in [1.29, 1.82) is 0 Å². The number of hydrogen-bond donors (Lipinski definition) is 1. The van der Waals surface area contributed by atoms with Crippen molar-refractivity contribution >= 4 is 11.6 Å². The summed E-state index contributed by atoms with van der Waals surface area (Å²) in [6.45, 7) is 1.53. The summed E-state index contributed by atoms with van der Waals surface area (Å²) < 4.78 is 1.38. The maximum Gasteiger partial charge on any atom is 0.270 e. The van der Waals surface area contributed by atoms with E-state index in [0.717, 1.165) is 0 Å². The van der Waals surface area contributed by atoms with E-state index >= 15 is 0 Å². The van der Waals surface area contributed by atoms with Crippen molar-refractivity contribution in [2.45, 2.75) is 24.9 Å². The molecule has 0 saturated carbocycles. The monoisotopic (exact) mass is 344 g/mol. The molecule has 1 amide bonds. The number of fused-ring (bicyclic) bond motifs is 1. The fourth-order valence-electron chi connectivity index (χ4n) is 3.47. The Labute approximate surface area is 146 Å². The quantitative estimate of drug-likeness (QED) is 0.883. The van der Waals surface area contributed by atoms with Crippen LogP contribution in [-0.2, 0) is 0 Å². The molecule has 0 aromatic carbocycles. The number of aromatic nitrogens is 2. The first-order valence-electron chi connectivity index (χ1n) is 8.52. The maximum atomic E-state index is 12.8. The Balaban J connectivity index is 1.82. The van der Waals surface area contributed by atoms with Gasteiger partial charge in [0.15, 0.2) is 0 Å². The van der Waals surface area contributed by atoms with Crippen LogP contribution in [0, 0.1) is 0 Å². The van der Waals surface area contributed by atoms with Crippen molar-refractivity contribution in [3.8, 4) is 0 Å². The van der Waals surface area contributed by atoms with Crippen LogP contribution in [0.15, 0.2) is 35.4 Å². The summed E-state index contributed by atoms with van der Waals surface area (Å²) in [4.78, 5) is 33.2. The van der Waals surface area contributed by atoms with Crippen LogP contribution < -0.4 is 5.56 Å². The highest BCUT2D eigenvalue weighted by atomic mass is 16.3. The van der Waals surface area contributed by atoms with Crippen LogP contribution in [0.3, 0.4) is 0 Å². The highest BCUT2D eigenvalue weighted by Gasteiger charge is 2.32. The third-order valence-corrected chi connectivity index (χ3v) is 4.66. The van der Waals surface area contributed by atoms with Crippen LogP contribution in [0.25, 0.3) is 5.65 Å². The first kappa shape index (κ1) is 17.6. The molecule has 1 saturated heterocycles. The molecule has 1 atom stereocenters. The number of likely N-dealkylation sites (tertiary alicyclic amines) is 1. The van der Waals surface area contributed by atoms with Gasteiger partial charge in [-0.1, -0.05) is 6.07 Å². The van der Waals surface area contributed by atoms with E-state index < -0.39 is 5.60 Å². The fraction of sp³-hybridized carbons (Fsp3) is 0.500. The van der Waals surface area contributed by atoms with Gasteiger partial charge in [0.1, 0.15) is 11.2 Å². The van der Waals surface area contributed by atoms with Gasteiger partial charge in [0.05, 0.1) is 5.60 Å². The Hall–Kier alpha value is -2.25. The maximum absolute atomic E-state index is 12.8. The number of pyridine rings is 1. The first-order valence-corrected chi connectivity index (χ1v) is 8.52. The Morgan fingerprint density at radius 1 is 1.32 bits per heavy atom. The van der Waals surface area contributed by atoms with E-state index in [1.165, 1.54) is 10.6 Å². The molecule has 1 unspecified atom stereocenters. The summed E-state index contributed by atoms with van der Waals surface area (Å²) in [6.07, 6.45) is 4.82. The molecular weight excluding hydrogens is 320 g/mol. The highest BCUT2D eigenvalue weighted by Crippen LogP contribution is 2.23. The molecule has 1 aliphatic heterocycles. The zero-order valence-corrected chi connectivity index (χ0v) is 14.7. The number of hydrogen-bond acceptors (Lipinski definition) is 5. The summed E-state index contributed by atoms with van der Waals surface area (Å²) in [5.41, 5.74) is -0.569. The van der Waals surface area contributed by atoms with E-state index in [4.69, 9.17) is 0 Å². The summed E-state index contributed by atoms with van der Waals surface area (Å²) >= 11 is 0. The van der Waals surface area contributed by atoms with Crippen LogP contribution >= 0.6 is 0 Å². The van der Waals surface area contributed by atoms with Gasteiger partial charge in [-0.2, -0.15) is 0 Å². The van der Waals surface area contributed by atoms with E-state index in [9.17, 15) is 14.7 Å². The molecule has 0 bridgehead atoms. The van der Waals surface area contributed by atoms with Gasteiger partial charge in [-0.05, 0) is 45.5 Å². The second-order valence-electron chi connectivity index (χ2n) is 7.01. The molecule has 7 nitrogen and oxygen atoms in total.